The van der Waals surface area contributed by atoms with E-state index in [0.29, 0.717) is 6.54 Å². The fraction of sp³-hybridized carbons (Fsp3) is 0.320. The van der Waals surface area contributed by atoms with Crippen molar-refractivity contribution in [2.24, 2.45) is 5.92 Å². The second-order valence-corrected chi connectivity index (χ2v) is 9.26. The molecule has 0 unspecified atom stereocenters. The molecular weight excluding hydrogens is 404 g/mol. The summed E-state index contributed by atoms with van der Waals surface area (Å²) in [5, 5.41) is 4.02. The second kappa shape index (κ2) is 9.52. The lowest BCUT2D eigenvalue weighted by Crippen LogP contribution is -2.41. The van der Waals surface area contributed by atoms with E-state index in [4.69, 9.17) is 0 Å². The molecule has 3 aromatic rings. The predicted molar refractivity (Wildman–Crippen MR) is 127 cm³/mol. The monoisotopic (exact) mass is 432 g/mol. The summed E-state index contributed by atoms with van der Waals surface area (Å²) in [5.74, 6) is 0.861. The number of amides is 1. The van der Waals surface area contributed by atoms with Gasteiger partial charge in [-0.25, -0.2) is 9.97 Å². The minimum atomic E-state index is -0.0760. The highest BCUT2D eigenvalue weighted by molar-refractivity contribution is 7.99. The molecule has 160 valence electrons. The Morgan fingerprint density at radius 1 is 1.03 bits per heavy atom. The van der Waals surface area contributed by atoms with Crippen LogP contribution in [0.25, 0.3) is 0 Å². The van der Waals surface area contributed by atoms with Gasteiger partial charge in [-0.05, 0) is 62.9 Å². The Kier molecular flexibility index (Phi) is 6.56. The Balaban J connectivity index is 1.49. The standard InChI is InChI=1S/C25H28N4OS/c1-17-7-10-21(11-8-17)31-25-23(26-12-13-27-25)29-14-4-5-20(16-29)24(30)28-22-15-18(2)6-9-19(22)3/h6-13,15,20H,4-5,14,16H2,1-3H3,(H,28,30)/t20-/m1/s1. The molecule has 2 heterocycles. The Hall–Kier alpha value is -2.86. The number of carbonyl (C=O) groups is 1. The molecule has 0 saturated carbocycles. The molecule has 0 aliphatic carbocycles. The number of hydrogen-bond acceptors (Lipinski definition) is 5. The minimum Gasteiger partial charge on any atom is -0.354 e. The highest BCUT2D eigenvalue weighted by atomic mass is 32.2. The maximum atomic E-state index is 13.0. The van der Waals surface area contributed by atoms with Gasteiger partial charge in [-0.2, -0.15) is 0 Å². The molecule has 5 nitrogen and oxygen atoms in total. The molecule has 1 aliphatic heterocycles. The average molecular weight is 433 g/mol. The maximum absolute atomic E-state index is 13.0. The summed E-state index contributed by atoms with van der Waals surface area (Å²) in [4.78, 5) is 25.6. The molecule has 6 heteroatoms. The molecule has 1 N–H and O–H groups in total. The van der Waals surface area contributed by atoms with E-state index in [2.05, 4.69) is 57.4 Å². The Morgan fingerprint density at radius 2 is 1.77 bits per heavy atom. The molecule has 0 spiro atoms. The molecule has 31 heavy (non-hydrogen) atoms. The normalized spacial score (nSPS) is 16.2. The van der Waals surface area contributed by atoms with Gasteiger partial charge in [0.2, 0.25) is 5.91 Å². The molecule has 4 rings (SSSR count). The van der Waals surface area contributed by atoms with Gasteiger partial charge >= 0.3 is 0 Å². The first kappa shape index (κ1) is 21.4. The molecule has 1 fully saturated rings. The van der Waals surface area contributed by atoms with Crippen molar-refractivity contribution in [1.29, 1.82) is 0 Å². The van der Waals surface area contributed by atoms with E-state index in [9.17, 15) is 4.79 Å². The lowest BCUT2D eigenvalue weighted by molar-refractivity contribution is -0.120. The van der Waals surface area contributed by atoms with E-state index in [0.717, 1.165) is 51.9 Å². The number of nitrogens with zero attached hydrogens (tertiary/aromatic N) is 3. The van der Waals surface area contributed by atoms with Crippen molar-refractivity contribution >= 4 is 29.2 Å². The van der Waals surface area contributed by atoms with Gasteiger partial charge in [0.05, 0.1) is 5.92 Å². The third-order valence-corrected chi connectivity index (χ3v) is 6.61. The molecule has 0 radical (unpaired) electrons. The fourth-order valence-corrected chi connectivity index (χ4v) is 4.70. The van der Waals surface area contributed by atoms with Gasteiger partial charge in [0.15, 0.2) is 5.82 Å². The van der Waals surface area contributed by atoms with Gasteiger partial charge in [-0.3, -0.25) is 4.79 Å². The molecule has 1 saturated heterocycles. The van der Waals surface area contributed by atoms with Crippen LogP contribution in [0.5, 0.6) is 0 Å². The van der Waals surface area contributed by atoms with Crippen LogP contribution < -0.4 is 10.2 Å². The molecule has 1 aromatic heterocycles. The van der Waals surface area contributed by atoms with Crippen LogP contribution in [0.4, 0.5) is 11.5 Å². The smallest absolute Gasteiger partial charge is 0.229 e. The van der Waals surface area contributed by atoms with E-state index in [1.807, 2.05) is 26.0 Å². The predicted octanol–water partition coefficient (Wildman–Crippen LogP) is 5.41. The molecular formula is C25H28N4OS. The van der Waals surface area contributed by atoms with Gasteiger partial charge in [-0.15, -0.1) is 0 Å². The number of hydrogen-bond donors (Lipinski definition) is 1. The Morgan fingerprint density at radius 3 is 2.58 bits per heavy atom. The maximum Gasteiger partial charge on any atom is 0.229 e. The minimum absolute atomic E-state index is 0.0760. The van der Waals surface area contributed by atoms with Gasteiger partial charge in [-0.1, -0.05) is 41.6 Å². The fourth-order valence-electron chi connectivity index (χ4n) is 3.81. The van der Waals surface area contributed by atoms with E-state index in [1.165, 1.54) is 5.56 Å². The number of rotatable bonds is 5. The number of carbonyl (C=O) groups excluding carboxylic acids is 1. The number of nitrogens with one attached hydrogen (secondary N) is 1. The molecule has 1 atom stereocenters. The number of benzene rings is 2. The van der Waals surface area contributed by atoms with Crippen LogP contribution in [-0.4, -0.2) is 29.0 Å². The SMILES string of the molecule is Cc1ccc(Sc2nccnc2N2CCC[C@@H](C(=O)Nc3cc(C)ccc3C)C2)cc1. The number of aromatic nitrogens is 2. The lowest BCUT2D eigenvalue weighted by atomic mass is 9.96. The molecule has 2 aromatic carbocycles. The van der Waals surface area contributed by atoms with Crippen molar-refractivity contribution in [1.82, 2.24) is 9.97 Å². The Bertz CT molecular complexity index is 1070. The number of piperidine rings is 1. The zero-order valence-corrected chi connectivity index (χ0v) is 19.1. The van der Waals surface area contributed by atoms with Gasteiger partial charge in [0.25, 0.3) is 0 Å². The highest BCUT2D eigenvalue weighted by Crippen LogP contribution is 2.34. The summed E-state index contributed by atoms with van der Waals surface area (Å²) < 4.78 is 0. The molecule has 0 bridgehead atoms. The summed E-state index contributed by atoms with van der Waals surface area (Å²) in [5.41, 5.74) is 4.36. The van der Waals surface area contributed by atoms with Crippen molar-refractivity contribution in [3.63, 3.8) is 0 Å². The summed E-state index contributed by atoms with van der Waals surface area (Å²) in [6, 6.07) is 14.6. The first-order valence-electron chi connectivity index (χ1n) is 10.7. The largest absolute Gasteiger partial charge is 0.354 e. The van der Waals surface area contributed by atoms with Crippen LogP contribution in [0.1, 0.15) is 29.5 Å². The lowest BCUT2D eigenvalue weighted by Gasteiger charge is -2.33. The highest BCUT2D eigenvalue weighted by Gasteiger charge is 2.28. The van der Waals surface area contributed by atoms with Gasteiger partial charge in [0, 0.05) is 36.1 Å². The second-order valence-electron chi connectivity index (χ2n) is 8.19. The van der Waals surface area contributed by atoms with Crippen LogP contribution in [0, 0.1) is 26.7 Å². The first-order valence-corrected chi connectivity index (χ1v) is 11.5. The molecule has 1 aliphatic rings. The third-order valence-electron chi connectivity index (χ3n) is 5.62. The van der Waals surface area contributed by atoms with Crippen LogP contribution in [0.3, 0.4) is 0 Å². The van der Waals surface area contributed by atoms with Gasteiger partial charge in [0.1, 0.15) is 5.03 Å². The van der Waals surface area contributed by atoms with E-state index in [1.54, 1.807) is 24.2 Å². The zero-order valence-electron chi connectivity index (χ0n) is 18.3. The van der Waals surface area contributed by atoms with Crippen LogP contribution in [0.15, 0.2) is 64.8 Å². The van der Waals surface area contributed by atoms with Crippen LogP contribution in [-0.2, 0) is 4.79 Å². The summed E-state index contributed by atoms with van der Waals surface area (Å²) in [6.07, 6.45) is 5.30. The number of aryl methyl sites for hydroxylation is 3. The summed E-state index contributed by atoms with van der Waals surface area (Å²) in [7, 11) is 0. The van der Waals surface area contributed by atoms with E-state index >= 15 is 0 Å². The average Bonchev–Trinajstić information content (AvgIpc) is 2.78. The topological polar surface area (TPSA) is 58.1 Å². The summed E-state index contributed by atoms with van der Waals surface area (Å²) in [6.45, 7) is 7.68. The van der Waals surface area contributed by atoms with Crippen molar-refractivity contribution in [3.05, 3.63) is 71.5 Å². The van der Waals surface area contributed by atoms with Gasteiger partial charge < -0.3 is 10.2 Å². The van der Waals surface area contributed by atoms with Crippen molar-refractivity contribution in [2.45, 2.75) is 43.5 Å². The van der Waals surface area contributed by atoms with E-state index < -0.39 is 0 Å². The quantitative estimate of drug-likeness (QED) is 0.584. The third kappa shape index (κ3) is 5.25. The van der Waals surface area contributed by atoms with E-state index in [-0.39, 0.29) is 11.8 Å². The van der Waals surface area contributed by atoms with Crippen molar-refractivity contribution in [2.75, 3.05) is 23.3 Å². The van der Waals surface area contributed by atoms with Crippen LogP contribution in [0.2, 0.25) is 0 Å². The zero-order chi connectivity index (χ0) is 21.8. The van der Waals surface area contributed by atoms with Crippen LogP contribution >= 0.6 is 11.8 Å². The Labute approximate surface area is 188 Å². The van der Waals surface area contributed by atoms with Crippen molar-refractivity contribution in [3.8, 4) is 0 Å². The molecule has 1 amide bonds. The summed E-state index contributed by atoms with van der Waals surface area (Å²) >= 11 is 1.62. The van der Waals surface area contributed by atoms with Crippen molar-refractivity contribution < 1.29 is 4.79 Å². The number of anilines is 2. The first-order chi connectivity index (χ1) is 15.0.